The molecule has 3 rings (SSSR count). The molecule has 1 aliphatic rings. The van der Waals surface area contributed by atoms with E-state index in [1.807, 2.05) is 4.90 Å². The fourth-order valence-corrected chi connectivity index (χ4v) is 4.04. The van der Waals surface area contributed by atoms with Crippen molar-refractivity contribution in [2.45, 2.75) is 0 Å². The number of nitrogens with one attached hydrogen (secondary N) is 2. The van der Waals surface area contributed by atoms with Gasteiger partial charge in [0.2, 0.25) is 21.5 Å². The highest BCUT2D eigenvalue weighted by atomic mass is 32.2. The molecule has 144 valence electrons. The Morgan fingerprint density at radius 1 is 1.15 bits per heavy atom. The zero-order chi connectivity index (χ0) is 19.3. The normalized spacial score (nSPS) is 15.5. The van der Waals surface area contributed by atoms with Gasteiger partial charge in [0.15, 0.2) is 0 Å². The number of hydrogen-bond donors (Lipinski definition) is 2. The largest absolute Gasteiger partial charge is 0.351 e. The molecule has 0 aliphatic carbocycles. The fraction of sp³-hybridized carbons (Fsp3) is 0.375. The molecule has 1 fully saturated rings. The predicted molar refractivity (Wildman–Crippen MR) is 99.0 cm³/mol. The maximum absolute atomic E-state index is 12.5. The summed E-state index contributed by atoms with van der Waals surface area (Å²) in [6.07, 6.45) is 4.59. The minimum atomic E-state index is -3.48. The number of aromatic amines is 1. The molecule has 0 aromatic carbocycles. The number of aromatic nitrogens is 3. The van der Waals surface area contributed by atoms with Crippen LogP contribution in [0.1, 0.15) is 10.4 Å². The summed E-state index contributed by atoms with van der Waals surface area (Å²) in [7, 11) is -3.48. The van der Waals surface area contributed by atoms with Gasteiger partial charge in [0.25, 0.3) is 5.91 Å². The van der Waals surface area contributed by atoms with Crippen LogP contribution < -0.4 is 15.8 Å². The van der Waals surface area contributed by atoms with Gasteiger partial charge in [-0.15, -0.1) is 0 Å². The highest BCUT2D eigenvalue weighted by Gasteiger charge is 2.27. The van der Waals surface area contributed by atoms with Crippen molar-refractivity contribution < 1.29 is 13.2 Å². The van der Waals surface area contributed by atoms with E-state index < -0.39 is 15.9 Å². The summed E-state index contributed by atoms with van der Waals surface area (Å²) >= 11 is 0. The minimum absolute atomic E-state index is 0.0116. The average Bonchev–Trinajstić information content (AvgIpc) is 2.69. The van der Waals surface area contributed by atoms with Crippen LogP contribution >= 0.6 is 0 Å². The molecule has 27 heavy (non-hydrogen) atoms. The number of sulfonamides is 1. The summed E-state index contributed by atoms with van der Waals surface area (Å²) in [4.78, 5) is 35.6. The molecule has 0 radical (unpaired) electrons. The summed E-state index contributed by atoms with van der Waals surface area (Å²) in [6, 6.07) is 4.35. The molecule has 10 nitrogen and oxygen atoms in total. The number of hydrogen-bond acceptors (Lipinski definition) is 7. The topological polar surface area (TPSA) is 128 Å². The van der Waals surface area contributed by atoms with Crippen LogP contribution in [0, 0.1) is 0 Å². The van der Waals surface area contributed by atoms with Crippen molar-refractivity contribution in [3.63, 3.8) is 0 Å². The summed E-state index contributed by atoms with van der Waals surface area (Å²) < 4.78 is 26.4. The zero-order valence-electron chi connectivity index (χ0n) is 14.5. The van der Waals surface area contributed by atoms with E-state index in [4.69, 9.17) is 0 Å². The van der Waals surface area contributed by atoms with E-state index in [0.29, 0.717) is 32.1 Å². The first kappa shape index (κ1) is 19.0. The lowest BCUT2D eigenvalue weighted by Gasteiger charge is -2.33. The number of H-pyrrole nitrogens is 1. The Morgan fingerprint density at radius 2 is 1.85 bits per heavy atom. The molecule has 2 aromatic rings. The van der Waals surface area contributed by atoms with Gasteiger partial charge in [0.05, 0.1) is 11.3 Å². The molecule has 2 aromatic heterocycles. The maximum atomic E-state index is 12.5. The number of carbonyl (C=O) groups is 1. The lowest BCUT2D eigenvalue weighted by atomic mass is 10.3. The number of anilines is 1. The second-order valence-corrected chi connectivity index (χ2v) is 8.04. The molecule has 0 atom stereocenters. The first-order valence-corrected chi connectivity index (χ1v) is 10.0. The van der Waals surface area contributed by atoms with Gasteiger partial charge in [0.1, 0.15) is 0 Å². The molecule has 3 heterocycles. The Kier molecular flexibility index (Phi) is 5.81. The van der Waals surface area contributed by atoms with E-state index in [0.717, 1.165) is 0 Å². The molecule has 1 aliphatic heterocycles. The lowest BCUT2D eigenvalue weighted by molar-refractivity contribution is 0.0955. The quantitative estimate of drug-likeness (QED) is 0.648. The van der Waals surface area contributed by atoms with Gasteiger partial charge in [-0.1, -0.05) is 0 Å². The molecular formula is C16H20N6O4S. The number of pyridine rings is 1. The number of rotatable bonds is 6. The van der Waals surface area contributed by atoms with E-state index in [9.17, 15) is 18.0 Å². The summed E-state index contributed by atoms with van der Waals surface area (Å²) in [5, 5.41) is 2.55. The Labute approximate surface area is 156 Å². The number of amides is 1. The van der Waals surface area contributed by atoms with Gasteiger partial charge >= 0.3 is 0 Å². The maximum Gasteiger partial charge on any atom is 0.252 e. The van der Waals surface area contributed by atoms with Crippen LogP contribution in [0.15, 0.2) is 41.6 Å². The van der Waals surface area contributed by atoms with Crippen LogP contribution in [0.3, 0.4) is 0 Å². The number of nitrogens with zero attached hydrogens (tertiary/aromatic N) is 4. The van der Waals surface area contributed by atoms with Gasteiger partial charge in [-0.05, 0) is 12.1 Å². The zero-order valence-corrected chi connectivity index (χ0v) is 15.4. The SMILES string of the molecule is O=C(NCCS(=O)(=O)N1CCN(c2ncccn2)CC1)c1ccc(=O)[nH]c1. The monoisotopic (exact) mass is 392 g/mol. The lowest BCUT2D eigenvalue weighted by Crippen LogP contribution is -2.50. The van der Waals surface area contributed by atoms with Crippen LogP contribution in [-0.4, -0.2) is 72.1 Å². The molecule has 1 saturated heterocycles. The smallest absolute Gasteiger partial charge is 0.252 e. The summed E-state index contributed by atoms with van der Waals surface area (Å²) in [5.74, 6) is -0.0422. The number of piperazine rings is 1. The van der Waals surface area contributed by atoms with Gasteiger partial charge < -0.3 is 15.2 Å². The third kappa shape index (κ3) is 4.89. The van der Waals surface area contributed by atoms with Gasteiger partial charge in [-0.25, -0.2) is 18.4 Å². The predicted octanol–water partition coefficient (Wildman–Crippen LogP) is -0.953. The Balaban J connectivity index is 1.48. The first-order chi connectivity index (χ1) is 13.0. The Morgan fingerprint density at radius 3 is 2.48 bits per heavy atom. The molecule has 0 unspecified atom stereocenters. The van der Waals surface area contributed by atoms with Crippen LogP contribution in [0.25, 0.3) is 0 Å². The molecular weight excluding hydrogens is 372 g/mol. The van der Waals surface area contributed by atoms with E-state index >= 15 is 0 Å². The van der Waals surface area contributed by atoms with Gasteiger partial charge in [0, 0.05) is 57.4 Å². The molecule has 2 N–H and O–H groups in total. The van der Waals surface area contributed by atoms with E-state index in [2.05, 4.69) is 20.3 Å². The van der Waals surface area contributed by atoms with Crippen LogP contribution in [0.4, 0.5) is 5.95 Å². The van der Waals surface area contributed by atoms with E-state index in [1.165, 1.54) is 22.6 Å². The van der Waals surface area contributed by atoms with E-state index in [-0.39, 0.29) is 23.4 Å². The molecule has 11 heteroatoms. The third-order valence-corrected chi connectivity index (χ3v) is 6.03. The van der Waals surface area contributed by atoms with Crippen molar-refractivity contribution >= 4 is 21.9 Å². The van der Waals surface area contributed by atoms with Crippen LogP contribution in [0.2, 0.25) is 0 Å². The molecule has 0 spiro atoms. The van der Waals surface area contributed by atoms with E-state index in [1.54, 1.807) is 18.5 Å². The minimum Gasteiger partial charge on any atom is -0.351 e. The second-order valence-electron chi connectivity index (χ2n) is 5.95. The fourth-order valence-electron chi connectivity index (χ4n) is 2.70. The van der Waals surface area contributed by atoms with Crippen molar-refractivity contribution in [3.8, 4) is 0 Å². The molecule has 1 amide bonds. The van der Waals surface area contributed by atoms with Crippen LogP contribution in [-0.2, 0) is 10.0 Å². The standard InChI is InChI=1S/C16H20N6O4S/c23-14-3-2-13(12-20-14)15(24)17-6-11-27(25,26)22-9-7-21(8-10-22)16-18-4-1-5-19-16/h1-5,12H,6-11H2,(H,17,24)(H,20,23). The van der Waals surface area contributed by atoms with Crippen molar-refractivity contribution in [3.05, 3.63) is 52.7 Å². The Bertz CT molecular complexity index is 918. The van der Waals surface area contributed by atoms with Crippen molar-refractivity contribution in [2.75, 3.05) is 43.4 Å². The van der Waals surface area contributed by atoms with Gasteiger partial charge in [-0.3, -0.25) is 9.59 Å². The third-order valence-electron chi connectivity index (χ3n) is 4.16. The summed E-state index contributed by atoms with van der Waals surface area (Å²) in [5.41, 5.74) is -0.0438. The summed E-state index contributed by atoms with van der Waals surface area (Å²) in [6.45, 7) is 1.69. The number of carbonyl (C=O) groups excluding carboxylic acids is 1. The first-order valence-electron chi connectivity index (χ1n) is 8.42. The van der Waals surface area contributed by atoms with Crippen molar-refractivity contribution in [1.29, 1.82) is 0 Å². The van der Waals surface area contributed by atoms with Crippen molar-refractivity contribution in [2.24, 2.45) is 0 Å². The van der Waals surface area contributed by atoms with Crippen molar-refractivity contribution in [1.82, 2.24) is 24.6 Å². The highest BCUT2D eigenvalue weighted by Crippen LogP contribution is 2.12. The second kappa shape index (κ2) is 8.27. The highest BCUT2D eigenvalue weighted by molar-refractivity contribution is 7.89. The molecule has 0 saturated carbocycles. The molecule has 0 bridgehead atoms. The Hall–Kier alpha value is -2.79. The van der Waals surface area contributed by atoms with Gasteiger partial charge in [-0.2, -0.15) is 4.31 Å². The average molecular weight is 392 g/mol. The van der Waals surface area contributed by atoms with Crippen LogP contribution in [0.5, 0.6) is 0 Å².